The van der Waals surface area contributed by atoms with Crippen molar-refractivity contribution in [2.24, 2.45) is 23.7 Å². The number of amides is 1. The lowest BCUT2D eigenvalue weighted by Crippen LogP contribution is -2.40. The van der Waals surface area contributed by atoms with Crippen LogP contribution in [-0.4, -0.2) is 24.7 Å². The third-order valence-electron chi connectivity index (χ3n) is 5.50. The van der Waals surface area contributed by atoms with Crippen molar-refractivity contribution in [3.8, 4) is 0 Å². The van der Waals surface area contributed by atoms with Crippen LogP contribution in [-0.2, 0) is 20.7 Å². The fourth-order valence-corrected chi connectivity index (χ4v) is 4.21. The van der Waals surface area contributed by atoms with E-state index in [1.807, 2.05) is 0 Å². The number of alkyl halides is 3. The van der Waals surface area contributed by atoms with Crippen LogP contribution in [0.25, 0.3) is 0 Å². The number of benzene rings is 1. The Bertz CT molecular complexity index is 947. The smallest absolute Gasteiger partial charge is 0.392 e. The summed E-state index contributed by atoms with van der Waals surface area (Å²) in [4.78, 5) is 25.0. The minimum absolute atomic E-state index is 0.105. The van der Waals surface area contributed by atoms with Gasteiger partial charge in [0.25, 0.3) is 0 Å². The van der Waals surface area contributed by atoms with Crippen molar-refractivity contribution in [3.05, 3.63) is 51.0 Å². The minimum Gasteiger partial charge on any atom is -0.466 e. The van der Waals surface area contributed by atoms with Crippen molar-refractivity contribution in [3.63, 3.8) is 0 Å². The highest BCUT2D eigenvalue weighted by atomic mass is 35.5. The number of carbonyl (C=O) groups is 2. The summed E-state index contributed by atoms with van der Waals surface area (Å²) < 4.78 is 45.8. The molecular weight excluding hydrogens is 502 g/mol. The molecule has 0 spiro atoms. The molecule has 1 N–H and O–H groups in total. The lowest BCUT2D eigenvalue weighted by atomic mass is 9.78. The van der Waals surface area contributed by atoms with Gasteiger partial charge < -0.3 is 10.1 Å². The summed E-state index contributed by atoms with van der Waals surface area (Å²) >= 11 is 18.1. The maximum Gasteiger partial charge on any atom is 0.392 e. The van der Waals surface area contributed by atoms with E-state index in [2.05, 4.69) is 5.32 Å². The molecule has 0 saturated carbocycles. The molecule has 0 aliphatic heterocycles. The number of hydrogen-bond acceptors (Lipinski definition) is 3. The summed E-state index contributed by atoms with van der Waals surface area (Å²) in [6.45, 7) is 4.62. The van der Waals surface area contributed by atoms with E-state index in [-0.39, 0.29) is 39.8 Å². The van der Waals surface area contributed by atoms with Gasteiger partial charge in [0, 0.05) is 0 Å². The zero-order valence-corrected chi connectivity index (χ0v) is 20.6. The minimum atomic E-state index is -4.60. The molecule has 1 aromatic rings. The lowest BCUT2D eigenvalue weighted by molar-refractivity contribution is -0.188. The number of anilines is 1. The van der Waals surface area contributed by atoms with Gasteiger partial charge in [-0.15, -0.1) is 0 Å². The van der Waals surface area contributed by atoms with Gasteiger partial charge in [-0.05, 0) is 43.4 Å². The third kappa shape index (κ3) is 7.39. The molecule has 10 heteroatoms. The molecule has 33 heavy (non-hydrogen) atoms. The Morgan fingerprint density at radius 2 is 1.85 bits per heavy atom. The second kappa shape index (κ2) is 11.6. The number of halogens is 6. The van der Waals surface area contributed by atoms with Gasteiger partial charge >= 0.3 is 12.1 Å². The first-order valence-electron chi connectivity index (χ1n) is 10.4. The van der Waals surface area contributed by atoms with Gasteiger partial charge in [-0.25, -0.2) is 0 Å². The fraction of sp³-hybridized carbons (Fsp3) is 0.478. The number of rotatable bonds is 8. The maximum absolute atomic E-state index is 13.6. The molecule has 1 amide bonds. The second-order valence-corrected chi connectivity index (χ2v) is 9.20. The van der Waals surface area contributed by atoms with E-state index < -0.39 is 35.8 Å². The molecule has 0 heterocycles. The van der Waals surface area contributed by atoms with Crippen LogP contribution in [0.2, 0.25) is 5.02 Å². The van der Waals surface area contributed by atoms with E-state index >= 15 is 0 Å². The highest BCUT2D eigenvalue weighted by Gasteiger charge is 2.47. The Labute approximate surface area is 206 Å². The van der Waals surface area contributed by atoms with Gasteiger partial charge in [-0.2, -0.15) is 13.2 Å². The standard InChI is InChI=1S/C23H25Cl3F3NO3/c1-4-33-22(32)12(2)9-14-5-7-17(25)19(10-14)30-21(31)20(13(3)23(27,28)29)15-6-8-16(24)18(26)11-15/h5,7-8,10-13,15,20H,4,6,9H2,1-3H3,(H,30,31)/t12-,13+,15?,20-/m0/s1. The fourth-order valence-electron chi connectivity index (χ4n) is 3.65. The monoisotopic (exact) mass is 525 g/mol. The average molecular weight is 527 g/mol. The number of esters is 1. The molecule has 0 bridgehead atoms. The first-order valence-corrected chi connectivity index (χ1v) is 11.5. The van der Waals surface area contributed by atoms with Crippen molar-refractivity contribution in [2.45, 2.75) is 39.8 Å². The lowest BCUT2D eigenvalue weighted by Gasteiger charge is -2.31. The quantitative estimate of drug-likeness (QED) is 0.368. The molecule has 182 valence electrons. The summed E-state index contributed by atoms with van der Waals surface area (Å²) in [6, 6.07) is 4.75. The molecule has 2 rings (SSSR count). The molecule has 0 radical (unpaired) electrons. The van der Waals surface area contributed by atoms with Gasteiger partial charge in [0.2, 0.25) is 5.91 Å². The van der Waals surface area contributed by atoms with Crippen LogP contribution in [0.5, 0.6) is 0 Å². The molecule has 0 aromatic heterocycles. The molecule has 4 nitrogen and oxygen atoms in total. The van der Waals surface area contributed by atoms with E-state index in [0.717, 1.165) is 6.92 Å². The van der Waals surface area contributed by atoms with Gasteiger partial charge in [0.15, 0.2) is 0 Å². The number of allylic oxidation sites excluding steroid dienone is 4. The average Bonchev–Trinajstić information content (AvgIpc) is 2.72. The van der Waals surface area contributed by atoms with Crippen molar-refractivity contribution >= 4 is 52.4 Å². The molecule has 1 unspecified atom stereocenters. The summed E-state index contributed by atoms with van der Waals surface area (Å²) in [5, 5.41) is 3.04. The van der Waals surface area contributed by atoms with Crippen LogP contribution in [0.3, 0.4) is 0 Å². The van der Waals surface area contributed by atoms with E-state index in [9.17, 15) is 22.8 Å². The van der Waals surface area contributed by atoms with Crippen LogP contribution >= 0.6 is 34.8 Å². The number of ether oxygens (including phenoxy) is 1. The molecule has 0 fully saturated rings. The predicted molar refractivity (Wildman–Crippen MR) is 124 cm³/mol. The number of nitrogens with one attached hydrogen (secondary N) is 1. The van der Waals surface area contributed by atoms with Crippen molar-refractivity contribution < 1.29 is 27.5 Å². The molecule has 1 aliphatic carbocycles. The molecule has 1 aromatic carbocycles. The van der Waals surface area contributed by atoms with Gasteiger partial charge in [-0.1, -0.05) is 66.9 Å². The Balaban J connectivity index is 2.29. The van der Waals surface area contributed by atoms with E-state index in [0.29, 0.717) is 12.0 Å². The second-order valence-electron chi connectivity index (χ2n) is 7.98. The largest absolute Gasteiger partial charge is 0.466 e. The van der Waals surface area contributed by atoms with Crippen molar-refractivity contribution in [1.29, 1.82) is 0 Å². The van der Waals surface area contributed by atoms with Crippen molar-refractivity contribution in [1.82, 2.24) is 0 Å². The molecule has 4 atom stereocenters. The molecular formula is C23H25Cl3F3NO3. The predicted octanol–water partition coefficient (Wildman–Crippen LogP) is 7.10. The van der Waals surface area contributed by atoms with Crippen molar-refractivity contribution in [2.75, 3.05) is 11.9 Å². The summed E-state index contributed by atoms with van der Waals surface area (Å²) in [5.74, 6) is -5.86. The van der Waals surface area contributed by atoms with Crippen LogP contribution in [0, 0.1) is 23.7 Å². The Morgan fingerprint density at radius 1 is 1.18 bits per heavy atom. The first-order chi connectivity index (χ1) is 15.3. The highest BCUT2D eigenvalue weighted by molar-refractivity contribution is 6.44. The number of hydrogen-bond donors (Lipinski definition) is 1. The van der Waals surface area contributed by atoms with Crippen LogP contribution < -0.4 is 5.32 Å². The zero-order valence-electron chi connectivity index (χ0n) is 18.3. The number of carbonyl (C=O) groups excluding carboxylic acids is 2. The topological polar surface area (TPSA) is 55.4 Å². The Kier molecular flexibility index (Phi) is 9.70. The van der Waals surface area contributed by atoms with E-state index in [4.69, 9.17) is 39.5 Å². The first kappa shape index (κ1) is 27.5. The van der Waals surface area contributed by atoms with Crippen LogP contribution in [0.15, 0.2) is 40.4 Å². The third-order valence-corrected chi connectivity index (χ3v) is 6.61. The summed E-state index contributed by atoms with van der Waals surface area (Å²) in [7, 11) is 0. The Morgan fingerprint density at radius 3 is 2.42 bits per heavy atom. The van der Waals surface area contributed by atoms with Crippen LogP contribution in [0.1, 0.15) is 32.8 Å². The zero-order chi connectivity index (χ0) is 24.9. The van der Waals surface area contributed by atoms with Gasteiger partial charge in [0.05, 0.1) is 45.1 Å². The maximum atomic E-state index is 13.6. The highest BCUT2D eigenvalue weighted by Crippen LogP contribution is 2.41. The normalized spacial score (nSPS) is 19.1. The Hall–Kier alpha value is -1.70. The molecule has 0 saturated heterocycles. The molecule has 1 aliphatic rings. The van der Waals surface area contributed by atoms with Gasteiger partial charge in [-0.3, -0.25) is 9.59 Å². The van der Waals surface area contributed by atoms with Crippen LogP contribution in [0.4, 0.5) is 18.9 Å². The van der Waals surface area contributed by atoms with E-state index in [1.54, 1.807) is 26.0 Å². The van der Waals surface area contributed by atoms with E-state index in [1.165, 1.54) is 18.2 Å². The SMILES string of the molecule is CCOC(=O)[C@@H](C)Cc1ccc(Cl)c(NC(=O)[C@H](C2C=C(Cl)C(Cl)=CC2)[C@@H](C)C(F)(F)F)c1. The van der Waals surface area contributed by atoms with Gasteiger partial charge in [0.1, 0.15) is 0 Å². The summed E-state index contributed by atoms with van der Waals surface area (Å²) in [6.07, 6.45) is -1.27. The summed E-state index contributed by atoms with van der Waals surface area (Å²) in [5.41, 5.74) is 0.833.